The molecule has 0 bridgehead atoms. The fourth-order valence-electron chi connectivity index (χ4n) is 1.84. The van der Waals surface area contributed by atoms with Crippen LogP contribution < -0.4 is 10.6 Å². The minimum absolute atomic E-state index is 0.100. The van der Waals surface area contributed by atoms with E-state index in [0.717, 1.165) is 29.7 Å². The number of nitrogens with zero attached hydrogens (tertiary/aromatic N) is 2. The molecular formula is C15H19BrN4O. The van der Waals surface area contributed by atoms with E-state index in [1.165, 1.54) is 0 Å². The highest BCUT2D eigenvalue weighted by Crippen LogP contribution is 2.13. The van der Waals surface area contributed by atoms with E-state index >= 15 is 0 Å². The molecule has 2 N–H and O–H groups in total. The summed E-state index contributed by atoms with van der Waals surface area (Å²) >= 11 is 3.39. The second-order valence-electron chi connectivity index (χ2n) is 4.66. The zero-order valence-corrected chi connectivity index (χ0v) is 13.6. The molecule has 2 rings (SSSR count). The second kappa shape index (κ2) is 7.95. The van der Waals surface area contributed by atoms with E-state index in [9.17, 15) is 4.79 Å². The predicted molar refractivity (Wildman–Crippen MR) is 86.8 cm³/mol. The van der Waals surface area contributed by atoms with E-state index in [1.54, 1.807) is 17.1 Å². The number of carbonyl (C=O) groups is 1. The van der Waals surface area contributed by atoms with Crippen molar-refractivity contribution < 1.29 is 4.79 Å². The molecule has 0 unspecified atom stereocenters. The summed E-state index contributed by atoms with van der Waals surface area (Å²) in [5.41, 5.74) is 1.48. The number of benzene rings is 1. The summed E-state index contributed by atoms with van der Waals surface area (Å²) in [7, 11) is 0. The fraction of sp³-hybridized carbons (Fsp3) is 0.333. The summed E-state index contributed by atoms with van der Waals surface area (Å²) in [5, 5.41) is 10.3. The Balaban J connectivity index is 1.90. The lowest BCUT2D eigenvalue weighted by Crippen LogP contribution is -2.31. The van der Waals surface area contributed by atoms with Gasteiger partial charge in [-0.2, -0.15) is 5.10 Å². The first-order chi connectivity index (χ1) is 10.2. The number of amides is 1. The quantitative estimate of drug-likeness (QED) is 0.753. The van der Waals surface area contributed by atoms with Gasteiger partial charge in [0.05, 0.1) is 17.4 Å². The van der Waals surface area contributed by atoms with Gasteiger partial charge in [-0.15, -0.1) is 0 Å². The van der Waals surface area contributed by atoms with E-state index in [1.807, 2.05) is 24.3 Å². The number of rotatable bonds is 7. The third-order valence-corrected chi connectivity index (χ3v) is 3.48. The summed E-state index contributed by atoms with van der Waals surface area (Å²) in [4.78, 5) is 12.0. The Morgan fingerprint density at radius 3 is 2.71 bits per heavy atom. The maximum Gasteiger partial charge on any atom is 0.254 e. The Kier molecular flexibility index (Phi) is 5.95. The van der Waals surface area contributed by atoms with Gasteiger partial charge in [-0.25, -0.2) is 4.68 Å². The van der Waals surface area contributed by atoms with Crippen molar-refractivity contribution in [1.82, 2.24) is 20.4 Å². The first-order valence-electron chi connectivity index (χ1n) is 7.00. The van der Waals surface area contributed by atoms with Gasteiger partial charge in [0.2, 0.25) is 0 Å². The lowest BCUT2D eigenvalue weighted by atomic mass is 10.3. The van der Waals surface area contributed by atoms with Crippen LogP contribution in [0.4, 0.5) is 0 Å². The van der Waals surface area contributed by atoms with Crippen LogP contribution in [0.3, 0.4) is 0 Å². The van der Waals surface area contributed by atoms with Crippen LogP contribution in [0.15, 0.2) is 41.1 Å². The van der Waals surface area contributed by atoms with Gasteiger partial charge in [0.1, 0.15) is 0 Å². The molecule has 112 valence electrons. The predicted octanol–water partition coefficient (Wildman–Crippen LogP) is 2.36. The zero-order chi connectivity index (χ0) is 15.1. The van der Waals surface area contributed by atoms with E-state index in [0.29, 0.717) is 12.1 Å². The first-order valence-corrected chi connectivity index (χ1v) is 7.79. The van der Waals surface area contributed by atoms with Gasteiger partial charge in [-0.05, 0) is 37.2 Å². The number of hydrogen-bond acceptors (Lipinski definition) is 3. The Bertz CT molecular complexity index is 580. The molecule has 1 aromatic heterocycles. The number of aromatic nitrogens is 2. The maximum absolute atomic E-state index is 12.0. The van der Waals surface area contributed by atoms with Crippen LogP contribution in [0.1, 0.15) is 23.7 Å². The van der Waals surface area contributed by atoms with Gasteiger partial charge < -0.3 is 10.6 Å². The Morgan fingerprint density at radius 1 is 1.24 bits per heavy atom. The molecule has 0 saturated carbocycles. The molecule has 1 amide bonds. The molecule has 21 heavy (non-hydrogen) atoms. The summed E-state index contributed by atoms with van der Waals surface area (Å²) in [6, 6.07) is 7.76. The molecule has 0 spiro atoms. The third kappa shape index (κ3) is 4.68. The minimum atomic E-state index is -0.100. The average molecular weight is 351 g/mol. The van der Waals surface area contributed by atoms with Crippen LogP contribution in [0.25, 0.3) is 5.69 Å². The SMILES string of the molecule is CCCNCCNC(=O)c1cnn(-c2ccc(Br)cc2)c1. The van der Waals surface area contributed by atoms with Crippen molar-refractivity contribution in [2.45, 2.75) is 13.3 Å². The average Bonchev–Trinajstić information content (AvgIpc) is 2.97. The highest BCUT2D eigenvalue weighted by atomic mass is 79.9. The van der Waals surface area contributed by atoms with Crippen molar-refractivity contribution in [3.8, 4) is 5.69 Å². The monoisotopic (exact) mass is 350 g/mol. The van der Waals surface area contributed by atoms with Crippen LogP contribution >= 0.6 is 15.9 Å². The third-order valence-electron chi connectivity index (χ3n) is 2.95. The van der Waals surface area contributed by atoms with Crippen molar-refractivity contribution in [2.24, 2.45) is 0 Å². The number of hydrogen-bond donors (Lipinski definition) is 2. The van der Waals surface area contributed by atoms with Gasteiger partial charge in [-0.3, -0.25) is 4.79 Å². The van der Waals surface area contributed by atoms with Gasteiger partial charge >= 0.3 is 0 Å². The highest BCUT2D eigenvalue weighted by molar-refractivity contribution is 9.10. The summed E-state index contributed by atoms with van der Waals surface area (Å²) < 4.78 is 2.70. The Hall–Kier alpha value is -1.66. The van der Waals surface area contributed by atoms with Crippen LogP contribution in [-0.4, -0.2) is 35.3 Å². The first kappa shape index (κ1) is 15.7. The minimum Gasteiger partial charge on any atom is -0.351 e. The number of halogens is 1. The topological polar surface area (TPSA) is 58.9 Å². The van der Waals surface area contributed by atoms with Gasteiger partial charge in [0.15, 0.2) is 0 Å². The fourth-order valence-corrected chi connectivity index (χ4v) is 2.11. The molecule has 6 heteroatoms. The molecule has 5 nitrogen and oxygen atoms in total. The number of nitrogens with one attached hydrogen (secondary N) is 2. The molecule has 0 aliphatic carbocycles. The summed E-state index contributed by atoms with van der Waals surface area (Å²) in [6.07, 6.45) is 4.41. The lowest BCUT2D eigenvalue weighted by Gasteiger charge is -2.04. The van der Waals surface area contributed by atoms with Gasteiger partial charge in [-0.1, -0.05) is 22.9 Å². The molecule has 0 aliphatic rings. The van der Waals surface area contributed by atoms with Gasteiger partial charge in [0.25, 0.3) is 5.91 Å². The van der Waals surface area contributed by atoms with E-state index in [-0.39, 0.29) is 5.91 Å². The molecule has 0 saturated heterocycles. The molecule has 0 atom stereocenters. The molecule has 2 aromatic rings. The van der Waals surface area contributed by atoms with Crippen molar-refractivity contribution in [3.05, 3.63) is 46.7 Å². The molecule has 1 aromatic carbocycles. The molecule has 0 radical (unpaired) electrons. The van der Waals surface area contributed by atoms with Crippen molar-refractivity contribution in [2.75, 3.05) is 19.6 Å². The summed E-state index contributed by atoms with van der Waals surface area (Å²) in [6.45, 7) is 4.47. The largest absolute Gasteiger partial charge is 0.351 e. The Morgan fingerprint density at radius 2 is 2.00 bits per heavy atom. The van der Waals surface area contributed by atoms with E-state index in [2.05, 4.69) is 38.6 Å². The normalized spacial score (nSPS) is 10.6. The van der Waals surface area contributed by atoms with Crippen molar-refractivity contribution in [1.29, 1.82) is 0 Å². The molecule has 0 aliphatic heterocycles. The smallest absolute Gasteiger partial charge is 0.254 e. The number of carbonyl (C=O) groups excluding carboxylic acids is 1. The molecular weight excluding hydrogens is 332 g/mol. The molecule has 1 heterocycles. The second-order valence-corrected chi connectivity index (χ2v) is 5.57. The van der Waals surface area contributed by atoms with Crippen molar-refractivity contribution >= 4 is 21.8 Å². The standard InChI is InChI=1S/C15H19BrN4O/c1-2-7-17-8-9-18-15(21)12-10-19-20(11-12)14-5-3-13(16)4-6-14/h3-6,10-11,17H,2,7-9H2,1H3,(H,18,21). The van der Waals surface area contributed by atoms with Crippen LogP contribution in [0.5, 0.6) is 0 Å². The van der Waals surface area contributed by atoms with Crippen LogP contribution in [0.2, 0.25) is 0 Å². The van der Waals surface area contributed by atoms with Gasteiger partial charge in [0, 0.05) is 23.8 Å². The van der Waals surface area contributed by atoms with E-state index in [4.69, 9.17) is 0 Å². The zero-order valence-electron chi connectivity index (χ0n) is 12.0. The Labute approximate surface area is 132 Å². The van der Waals surface area contributed by atoms with Crippen LogP contribution in [0, 0.1) is 0 Å². The van der Waals surface area contributed by atoms with E-state index < -0.39 is 0 Å². The van der Waals surface area contributed by atoms with Crippen molar-refractivity contribution in [3.63, 3.8) is 0 Å². The summed E-state index contributed by atoms with van der Waals surface area (Å²) in [5.74, 6) is -0.100. The maximum atomic E-state index is 12.0. The molecule has 0 fully saturated rings. The lowest BCUT2D eigenvalue weighted by molar-refractivity contribution is 0.0954. The highest BCUT2D eigenvalue weighted by Gasteiger charge is 2.08. The van der Waals surface area contributed by atoms with Crippen LogP contribution in [-0.2, 0) is 0 Å².